The van der Waals surface area contributed by atoms with E-state index in [2.05, 4.69) is 16.7 Å². The predicted octanol–water partition coefficient (Wildman–Crippen LogP) is 2.92. The molecule has 0 aliphatic carbocycles. The summed E-state index contributed by atoms with van der Waals surface area (Å²) in [6.45, 7) is 2.13. The standard InChI is InChI=1S/C16H15N3O/c1-12-4-2-3-5-15(12)19-16(20)11-18-14-8-6-13(10-17)7-9-14/h2-9,18H,11H2,1H3,(H,19,20). The van der Waals surface area contributed by atoms with Crippen LogP contribution in [0.1, 0.15) is 11.1 Å². The van der Waals surface area contributed by atoms with Crippen LogP contribution in [-0.2, 0) is 4.79 Å². The number of amides is 1. The minimum atomic E-state index is -0.108. The molecule has 20 heavy (non-hydrogen) atoms. The predicted molar refractivity (Wildman–Crippen MR) is 79.5 cm³/mol. The topological polar surface area (TPSA) is 64.9 Å². The van der Waals surface area contributed by atoms with E-state index < -0.39 is 0 Å². The van der Waals surface area contributed by atoms with Gasteiger partial charge in [0.05, 0.1) is 18.2 Å². The molecule has 2 aromatic carbocycles. The molecule has 0 unspecified atom stereocenters. The molecule has 1 amide bonds. The van der Waals surface area contributed by atoms with E-state index in [0.717, 1.165) is 16.9 Å². The zero-order chi connectivity index (χ0) is 14.4. The highest BCUT2D eigenvalue weighted by Crippen LogP contribution is 2.13. The van der Waals surface area contributed by atoms with Crippen LogP contribution in [0, 0.1) is 18.3 Å². The number of nitrogens with one attached hydrogen (secondary N) is 2. The molecule has 0 aliphatic rings. The van der Waals surface area contributed by atoms with Gasteiger partial charge in [-0.3, -0.25) is 4.79 Å². The number of carbonyl (C=O) groups is 1. The van der Waals surface area contributed by atoms with Crippen molar-refractivity contribution in [3.05, 3.63) is 59.7 Å². The Bertz CT molecular complexity index is 642. The van der Waals surface area contributed by atoms with Gasteiger partial charge in [-0.2, -0.15) is 5.26 Å². The van der Waals surface area contributed by atoms with E-state index in [1.54, 1.807) is 24.3 Å². The summed E-state index contributed by atoms with van der Waals surface area (Å²) in [4.78, 5) is 11.8. The molecule has 0 aliphatic heterocycles. The lowest BCUT2D eigenvalue weighted by Crippen LogP contribution is -2.22. The summed E-state index contributed by atoms with van der Waals surface area (Å²) in [6.07, 6.45) is 0. The first kappa shape index (κ1) is 13.6. The molecule has 0 atom stereocenters. The van der Waals surface area contributed by atoms with E-state index >= 15 is 0 Å². The number of rotatable bonds is 4. The van der Waals surface area contributed by atoms with Crippen LogP contribution in [0.3, 0.4) is 0 Å². The van der Waals surface area contributed by atoms with Crippen molar-refractivity contribution in [3.8, 4) is 6.07 Å². The number of carbonyl (C=O) groups excluding carboxylic acids is 1. The van der Waals surface area contributed by atoms with Crippen molar-refractivity contribution in [2.45, 2.75) is 6.92 Å². The fourth-order valence-electron chi connectivity index (χ4n) is 1.75. The summed E-state index contributed by atoms with van der Waals surface area (Å²) in [5, 5.41) is 14.6. The number of para-hydroxylation sites is 1. The van der Waals surface area contributed by atoms with Crippen molar-refractivity contribution in [1.82, 2.24) is 0 Å². The Hall–Kier alpha value is -2.80. The Balaban J connectivity index is 1.89. The van der Waals surface area contributed by atoms with Crippen molar-refractivity contribution in [2.75, 3.05) is 17.2 Å². The van der Waals surface area contributed by atoms with Gasteiger partial charge in [-0.1, -0.05) is 18.2 Å². The van der Waals surface area contributed by atoms with Crippen molar-refractivity contribution >= 4 is 17.3 Å². The molecular weight excluding hydrogens is 250 g/mol. The van der Waals surface area contributed by atoms with Crippen LogP contribution in [-0.4, -0.2) is 12.5 Å². The van der Waals surface area contributed by atoms with Gasteiger partial charge < -0.3 is 10.6 Å². The second-order valence-electron chi connectivity index (χ2n) is 4.41. The summed E-state index contributed by atoms with van der Waals surface area (Å²) < 4.78 is 0. The Labute approximate surface area is 118 Å². The molecule has 2 N–H and O–H groups in total. The molecule has 0 heterocycles. The third-order valence-electron chi connectivity index (χ3n) is 2.89. The summed E-state index contributed by atoms with van der Waals surface area (Å²) in [6, 6.07) is 16.7. The lowest BCUT2D eigenvalue weighted by molar-refractivity contribution is -0.114. The van der Waals surface area contributed by atoms with Gasteiger partial charge in [0.15, 0.2) is 0 Å². The van der Waals surface area contributed by atoms with Crippen molar-refractivity contribution in [1.29, 1.82) is 5.26 Å². The van der Waals surface area contributed by atoms with Gasteiger partial charge in [0.1, 0.15) is 0 Å². The number of nitrogens with zero attached hydrogens (tertiary/aromatic N) is 1. The number of hydrogen-bond donors (Lipinski definition) is 2. The lowest BCUT2D eigenvalue weighted by Gasteiger charge is -2.09. The summed E-state index contributed by atoms with van der Waals surface area (Å²) >= 11 is 0. The van der Waals surface area contributed by atoms with Crippen LogP contribution in [0.5, 0.6) is 0 Å². The number of hydrogen-bond acceptors (Lipinski definition) is 3. The molecule has 4 nitrogen and oxygen atoms in total. The van der Waals surface area contributed by atoms with Crippen LogP contribution >= 0.6 is 0 Å². The first-order valence-electron chi connectivity index (χ1n) is 6.28. The van der Waals surface area contributed by atoms with E-state index in [4.69, 9.17) is 5.26 Å². The van der Waals surface area contributed by atoms with Crippen LogP contribution in [0.15, 0.2) is 48.5 Å². The molecule has 0 fully saturated rings. The van der Waals surface area contributed by atoms with E-state index in [0.29, 0.717) is 5.56 Å². The molecule has 0 spiro atoms. The molecule has 0 saturated carbocycles. The van der Waals surface area contributed by atoms with Gasteiger partial charge in [0.2, 0.25) is 5.91 Å². The highest BCUT2D eigenvalue weighted by atomic mass is 16.1. The fraction of sp³-hybridized carbons (Fsp3) is 0.125. The first-order valence-corrected chi connectivity index (χ1v) is 6.28. The maximum Gasteiger partial charge on any atom is 0.243 e. The zero-order valence-corrected chi connectivity index (χ0v) is 11.2. The van der Waals surface area contributed by atoms with Crippen LogP contribution in [0.25, 0.3) is 0 Å². The summed E-state index contributed by atoms with van der Waals surface area (Å²) in [5.74, 6) is -0.108. The normalized spacial score (nSPS) is 9.60. The van der Waals surface area contributed by atoms with Gasteiger partial charge in [0, 0.05) is 11.4 Å². The molecule has 0 radical (unpaired) electrons. The highest BCUT2D eigenvalue weighted by molar-refractivity contribution is 5.94. The molecule has 2 aromatic rings. The van der Waals surface area contributed by atoms with E-state index in [1.165, 1.54) is 0 Å². The largest absolute Gasteiger partial charge is 0.376 e. The minimum absolute atomic E-state index is 0.108. The van der Waals surface area contributed by atoms with Crippen molar-refractivity contribution in [2.24, 2.45) is 0 Å². The second-order valence-corrected chi connectivity index (χ2v) is 4.41. The summed E-state index contributed by atoms with van der Waals surface area (Å²) in [7, 11) is 0. The Morgan fingerprint density at radius 1 is 1.15 bits per heavy atom. The first-order chi connectivity index (χ1) is 9.69. The molecular formula is C16H15N3O. The number of benzene rings is 2. The van der Waals surface area contributed by atoms with Crippen molar-refractivity contribution in [3.63, 3.8) is 0 Å². The number of aryl methyl sites for hydroxylation is 1. The monoisotopic (exact) mass is 265 g/mol. The molecule has 2 rings (SSSR count). The maximum absolute atomic E-state index is 11.8. The van der Waals surface area contributed by atoms with Gasteiger partial charge in [-0.05, 0) is 42.8 Å². The Kier molecular flexibility index (Phi) is 4.35. The fourth-order valence-corrected chi connectivity index (χ4v) is 1.75. The molecule has 0 bridgehead atoms. The lowest BCUT2D eigenvalue weighted by atomic mass is 10.2. The zero-order valence-electron chi connectivity index (χ0n) is 11.2. The number of nitriles is 1. The third-order valence-corrected chi connectivity index (χ3v) is 2.89. The SMILES string of the molecule is Cc1ccccc1NC(=O)CNc1ccc(C#N)cc1. The van der Waals surface area contributed by atoms with Crippen molar-refractivity contribution < 1.29 is 4.79 Å². The minimum Gasteiger partial charge on any atom is -0.376 e. The third kappa shape index (κ3) is 3.59. The van der Waals surface area contributed by atoms with Gasteiger partial charge in [0.25, 0.3) is 0 Å². The van der Waals surface area contributed by atoms with E-state index in [1.807, 2.05) is 31.2 Å². The van der Waals surface area contributed by atoms with E-state index in [9.17, 15) is 4.79 Å². The van der Waals surface area contributed by atoms with Crippen LogP contribution in [0.2, 0.25) is 0 Å². The molecule has 0 aromatic heterocycles. The Morgan fingerprint density at radius 2 is 1.85 bits per heavy atom. The highest BCUT2D eigenvalue weighted by Gasteiger charge is 2.04. The van der Waals surface area contributed by atoms with Gasteiger partial charge in [-0.25, -0.2) is 0 Å². The second kappa shape index (κ2) is 6.39. The maximum atomic E-state index is 11.8. The van der Waals surface area contributed by atoms with Gasteiger partial charge in [-0.15, -0.1) is 0 Å². The quantitative estimate of drug-likeness (QED) is 0.893. The van der Waals surface area contributed by atoms with Crippen LogP contribution in [0.4, 0.5) is 11.4 Å². The van der Waals surface area contributed by atoms with Gasteiger partial charge >= 0.3 is 0 Å². The Morgan fingerprint density at radius 3 is 2.50 bits per heavy atom. The molecule has 100 valence electrons. The van der Waals surface area contributed by atoms with Crippen LogP contribution < -0.4 is 10.6 Å². The molecule has 0 saturated heterocycles. The number of anilines is 2. The molecule has 4 heteroatoms. The average Bonchev–Trinajstić information content (AvgIpc) is 2.48. The average molecular weight is 265 g/mol. The summed E-state index contributed by atoms with van der Waals surface area (Å²) in [5.41, 5.74) is 3.25. The smallest absolute Gasteiger partial charge is 0.243 e. The van der Waals surface area contributed by atoms with E-state index in [-0.39, 0.29) is 12.5 Å².